The lowest BCUT2D eigenvalue weighted by Crippen LogP contribution is -2.42. The molecule has 0 amide bonds. The Bertz CT molecular complexity index is 1140. The smallest absolute Gasteiger partial charge is 0.333 e. The molecular weight excluding hydrogens is 428 g/mol. The van der Waals surface area contributed by atoms with Gasteiger partial charge in [-0.05, 0) is 24.5 Å². The minimum absolute atomic E-state index is 0.0876. The molecule has 3 aromatic rings. The third-order valence-electron chi connectivity index (χ3n) is 5.92. The van der Waals surface area contributed by atoms with Crippen LogP contribution in [0.15, 0.2) is 76.4 Å². The van der Waals surface area contributed by atoms with Crippen LogP contribution in [0.4, 0.5) is 0 Å². The van der Waals surface area contributed by atoms with Gasteiger partial charge in [0.2, 0.25) is 0 Å². The SMILES string of the molecule is CC.CCCC1OC(n2cc(C)c(=O)n(Cc3ccccc3)c2=O)CC1OCc1ccccc1. The van der Waals surface area contributed by atoms with Gasteiger partial charge >= 0.3 is 5.69 Å². The van der Waals surface area contributed by atoms with E-state index in [1.165, 1.54) is 4.57 Å². The number of rotatable bonds is 8. The molecule has 1 aromatic heterocycles. The molecule has 182 valence electrons. The Kier molecular flexibility index (Phi) is 9.42. The van der Waals surface area contributed by atoms with Crippen molar-refractivity contribution in [3.8, 4) is 0 Å². The molecule has 0 radical (unpaired) electrons. The van der Waals surface area contributed by atoms with Gasteiger partial charge in [0, 0.05) is 18.2 Å². The summed E-state index contributed by atoms with van der Waals surface area (Å²) >= 11 is 0. The molecule has 1 saturated heterocycles. The normalized spacial score (nSPS) is 19.5. The van der Waals surface area contributed by atoms with Gasteiger partial charge in [0.15, 0.2) is 0 Å². The zero-order valence-electron chi connectivity index (χ0n) is 20.6. The van der Waals surface area contributed by atoms with Crippen molar-refractivity contribution in [3.05, 3.63) is 104 Å². The molecule has 3 unspecified atom stereocenters. The molecule has 0 spiro atoms. The lowest BCUT2D eigenvalue weighted by Gasteiger charge is -2.19. The highest BCUT2D eigenvalue weighted by Crippen LogP contribution is 2.32. The average molecular weight is 465 g/mol. The summed E-state index contributed by atoms with van der Waals surface area (Å²) in [6, 6.07) is 19.6. The molecule has 0 aliphatic carbocycles. The number of hydrogen-bond acceptors (Lipinski definition) is 4. The second-order valence-corrected chi connectivity index (χ2v) is 8.37. The molecule has 0 N–H and O–H groups in total. The highest BCUT2D eigenvalue weighted by Gasteiger charge is 2.37. The van der Waals surface area contributed by atoms with E-state index in [0.29, 0.717) is 18.6 Å². The molecule has 0 saturated carbocycles. The lowest BCUT2D eigenvalue weighted by molar-refractivity contribution is -0.0475. The number of hydrogen-bond donors (Lipinski definition) is 0. The summed E-state index contributed by atoms with van der Waals surface area (Å²) in [5.41, 5.74) is 1.91. The number of ether oxygens (including phenoxy) is 2. The van der Waals surface area contributed by atoms with Crippen molar-refractivity contribution in [1.29, 1.82) is 0 Å². The molecule has 6 nitrogen and oxygen atoms in total. The predicted molar refractivity (Wildman–Crippen MR) is 135 cm³/mol. The van der Waals surface area contributed by atoms with E-state index in [9.17, 15) is 9.59 Å². The van der Waals surface area contributed by atoms with Crippen molar-refractivity contribution < 1.29 is 9.47 Å². The summed E-state index contributed by atoms with van der Waals surface area (Å²) in [7, 11) is 0. The molecule has 34 heavy (non-hydrogen) atoms. The zero-order chi connectivity index (χ0) is 24.5. The second-order valence-electron chi connectivity index (χ2n) is 8.37. The molecule has 2 aromatic carbocycles. The van der Waals surface area contributed by atoms with Crippen LogP contribution in [0.3, 0.4) is 0 Å². The van der Waals surface area contributed by atoms with Gasteiger partial charge in [-0.1, -0.05) is 87.9 Å². The topological polar surface area (TPSA) is 62.5 Å². The van der Waals surface area contributed by atoms with E-state index in [-0.39, 0.29) is 30.0 Å². The van der Waals surface area contributed by atoms with Gasteiger partial charge in [-0.25, -0.2) is 4.79 Å². The van der Waals surface area contributed by atoms with Crippen molar-refractivity contribution in [3.63, 3.8) is 0 Å². The second kappa shape index (κ2) is 12.5. The van der Waals surface area contributed by atoms with Crippen LogP contribution in [0.1, 0.15) is 63.0 Å². The van der Waals surface area contributed by atoms with Crippen molar-refractivity contribution in [2.45, 2.75) is 78.5 Å². The molecular formula is C28H36N2O4. The largest absolute Gasteiger partial charge is 0.371 e. The van der Waals surface area contributed by atoms with E-state index >= 15 is 0 Å². The molecule has 1 aliphatic heterocycles. The first-order valence-corrected chi connectivity index (χ1v) is 12.2. The molecule has 4 rings (SSSR count). The van der Waals surface area contributed by atoms with Crippen LogP contribution in [0.2, 0.25) is 0 Å². The number of benzene rings is 2. The molecule has 1 aliphatic rings. The minimum Gasteiger partial charge on any atom is -0.371 e. The third kappa shape index (κ3) is 6.13. The number of nitrogens with zero attached hydrogens (tertiary/aromatic N) is 2. The first-order chi connectivity index (χ1) is 16.6. The number of aromatic nitrogens is 2. The van der Waals surface area contributed by atoms with Gasteiger partial charge in [0.05, 0.1) is 25.4 Å². The highest BCUT2D eigenvalue weighted by molar-refractivity contribution is 5.16. The average Bonchev–Trinajstić information content (AvgIpc) is 3.28. The fraction of sp³-hybridized carbons (Fsp3) is 0.429. The van der Waals surface area contributed by atoms with Crippen molar-refractivity contribution in [2.24, 2.45) is 0 Å². The summed E-state index contributed by atoms with van der Waals surface area (Å²) < 4.78 is 15.4. The molecule has 3 atom stereocenters. The number of aryl methyl sites for hydroxylation is 1. The van der Waals surface area contributed by atoms with E-state index in [4.69, 9.17) is 9.47 Å². The Balaban J connectivity index is 0.00000158. The van der Waals surface area contributed by atoms with Crippen LogP contribution < -0.4 is 11.2 Å². The highest BCUT2D eigenvalue weighted by atomic mass is 16.6. The molecule has 1 fully saturated rings. The van der Waals surface area contributed by atoms with E-state index in [1.54, 1.807) is 17.7 Å². The maximum Gasteiger partial charge on any atom is 0.333 e. The molecule has 0 bridgehead atoms. The third-order valence-corrected chi connectivity index (χ3v) is 5.92. The van der Waals surface area contributed by atoms with Crippen molar-refractivity contribution in [1.82, 2.24) is 9.13 Å². The van der Waals surface area contributed by atoms with Crippen LogP contribution in [-0.2, 0) is 22.6 Å². The summed E-state index contributed by atoms with van der Waals surface area (Å²) in [5.74, 6) is 0. The maximum absolute atomic E-state index is 13.3. The maximum atomic E-state index is 13.3. The fourth-order valence-electron chi connectivity index (χ4n) is 4.24. The monoisotopic (exact) mass is 464 g/mol. The summed E-state index contributed by atoms with van der Waals surface area (Å²) in [6.45, 7) is 8.59. The van der Waals surface area contributed by atoms with Crippen LogP contribution in [0.5, 0.6) is 0 Å². The fourth-order valence-corrected chi connectivity index (χ4v) is 4.24. The summed E-state index contributed by atoms with van der Waals surface area (Å²) in [6.07, 6.45) is 3.36. The Morgan fingerprint density at radius 2 is 1.59 bits per heavy atom. The first kappa shape index (κ1) is 25.7. The summed E-state index contributed by atoms with van der Waals surface area (Å²) in [4.78, 5) is 26.0. The molecule has 2 heterocycles. The van der Waals surface area contributed by atoms with Gasteiger partial charge in [0.1, 0.15) is 6.23 Å². The Morgan fingerprint density at radius 3 is 2.21 bits per heavy atom. The van der Waals surface area contributed by atoms with Gasteiger partial charge in [-0.15, -0.1) is 0 Å². The van der Waals surface area contributed by atoms with Gasteiger partial charge in [-0.3, -0.25) is 13.9 Å². The van der Waals surface area contributed by atoms with E-state index < -0.39 is 6.23 Å². The minimum atomic E-state index is -0.457. The Morgan fingerprint density at radius 1 is 0.971 bits per heavy atom. The van der Waals surface area contributed by atoms with Crippen LogP contribution in [-0.4, -0.2) is 21.3 Å². The van der Waals surface area contributed by atoms with Crippen molar-refractivity contribution in [2.75, 3.05) is 0 Å². The van der Waals surface area contributed by atoms with E-state index in [1.807, 2.05) is 74.5 Å². The standard InChI is InChI=1S/C26H30N2O4.C2H6/c1-3-10-22-23(31-18-21-13-8-5-9-14-21)15-24(32-22)27-16-19(2)25(29)28(26(27)30)17-20-11-6-4-7-12-20;1-2/h4-9,11-14,16,22-24H,3,10,15,17-18H2,1-2H3;1-2H3. The molecule has 6 heteroatoms. The van der Waals surface area contributed by atoms with Gasteiger partial charge < -0.3 is 9.47 Å². The van der Waals surface area contributed by atoms with Crippen LogP contribution in [0.25, 0.3) is 0 Å². The predicted octanol–water partition coefficient (Wildman–Crippen LogP) is 5.07. The van der Waals surface area contributed by atoms with Gasteiger partial charge in [-0.2, -0.15) is 0 Å². The van der Waals surface area contributed by atoms with E-state index in [2.05, 4.69) is 6.92 Å². The lowest BCUT2D eigenvalue weighted by atomic mass is 10.1. The van der Waals surface area contributed by atoms with Gasteiger partial charge in [0.25, 0.3) is 5.56 Å². The Hall–Kier alpha value is -2.96. The summed E-state index contributed by atoms with van der Waals surface area (Å²) in [5, 5.41) is 0. The van der Waals surface area contributed by atoms with E-state index in [0.717, 1.165) is 24.0 Å². The van der Waals surface area contributed by atoms with Crippen LogP contribution >= 0.6 is 0 Å². The first-order valence-electron chi connectivity index (χ1n) is 12.2. The zero-order valence-corrected chi connectivity index (χ0v) is 20.6. The van der Waals surface area contributed by atoms with Crippen molar-refractivity contribution >= 4 is 0 Å². The quantitative estimate of drug-likeness (QED) is 0.467. The Labute approximate surface area is 201 Å². The van der Waals surface area contributed by atoms with Crippen LogP contribution in [0, 0.1) is 6.92 Å².